The topological polar surface area (TPSA) is 29.5 Å². The number of fused-ring (bicyclic) bond motifs is 3. The molecule has 0 bridgehead atoms. The maximum absolute atomic E-state index is 10.4. The molecular formula is C17H16O2S. The lowest BCUT2D eigenvalue weighted by atomic mass is 9.83. The molecule has 3 heteroatoms. The van der Waals surface area contributed by atoms with Crippen LogP contribution in [0.25, 0.3) is 0 Å². The number of aliphatic hydroxyl groups excluding tert-OH is 1. The molecule has 1 saturated heterocycles. The van der Waals surface area contributed by atoms with Gasteiger partial charge in [0.1, 0.15) is 11.9 Å². The molecule has 2 aliphatic heterocycles. The SMILES string of the molecule is OC1CSC2c3ccccc3OC(c3ccccc3)C12. The fourth-order valence-electron chi connectivity index (χ4n) is 3.26. The maximum Gasteiger partial charge on any atom is 0.130 e. The zero-order valence-corrected chi connectivity index (χ0v) is 11.8. The van der Waals surface area contributed by atoms with Crippen LogP contribution in [-0.2, 0) is 0 Å². The molecule has 2 heterocycles. The fourth-order valence-corrected chi connectivity index (χ4v) is 4.80. The molecule has 2 aliphatic rings. The molecule has 0 saturated carbocycles. The summed E-state index contributed by atoms with van der Waals surface area (Å²) in [5, 5.41) is 10.7. The van der Waals surface area contributed by atoms with E-state index in [9.17, 15) is 5.11 Å². The average molecular weight is 284 g/mol. The van der Waals surface area contributed by atoms with Crippen LogP contribution >= 0.6 is 11.8 Å². The third-order valence-electron chi connectivity index (χ3n) is 4.20. The van der Waals surface area contributed by atoms with Crippen LogP contribution in [-0.4, -0.2) is 17.0 Å². The van der Waals surface area contributed by atoms with Crippen LogP contribution in [0.5, 0.6) is 5.75 Å². The normalized spacial score (nSPS) is 31.2. The Morgan fingerprint density at radius 3 is 2.60 bits per heavy atom. The van der Waals surface area contributed by atoms with Crippen molar-refractivity contribution >= 4 is 11.8 Å². The molecule has 2 aromatic carbocycles. The van der Waals surface area contributed by atoms with Gasteiger partial charge in [0.2, 0.25) is 0 Å². The summed E-state index contributed by atoms with van der Waals surface area (Å²) in [6.07, 6.45) is -0.357. The monoisotopic (exact) mass is 284 g/mol. The molecule has 0 aromatic heterocycles. The molecule has 1 N–H and O–H groups in total. The molecule has 4 unspecified atom stereocenters. The number of rotatable bonds is 1. The number of para-hydroxylation sites is 1. The van der Waals surface area contributed by atoms with Gasteiger partial charge in [0.15, 0.2) is 0 Å². The number of ether oxygens (including phenoxy) is 1. The largest absolute Gasteiger partial charge is 0.485 e. The molecule has 0 radical (unpaired) electrons. The van der Waals surface area contributed by atoms with Gasteiger partial charge in [-0.05, 0) is 11.6 Å². The Kier molecular flexibility index (Phi) is 2.97. The molecule has 20 heavy (non-hydrogen) atoms. The van der Waals surface area contributed by atoms with E-state index in [1.807, 2.05) is 48.2 Å². The van der Waals surface area contributed by atoms with Crippen LogP contribution in [0, 0.1) is 5.92 Å². The van der Waals surface area contributed by atoms with Crippen LogP contribution in [0.15, 0.2) is 54.6 Å². The highest BCUT2D eigenvalue weighted by molar-refractivity contribution is 7.99. The van der Waals surface area contributed by atoms with Gasteiger partial charge in [-0.2, -0.15) is 11.8 Å². The van der Waals surface area contributed by atoms with Gasteiger partial charge in [0, 0.05) is 22.5 Å². The summed E-state index contributed by atoms with van der Waals surface area (Å²) in [6.45, 7) is 0. The molecule has 0 aliphatic carbocycles. The van der Waals surface area contributed by atoms with E-state index in [0.717, 1.165) is 17.1 Å². The Morgan fingerprint density at radius 1 is 1.00 bits per heavy atom. The standard InChI is InChI=1S/C17H16O2S/c18-13-10-20-17-12-8-4-5-9-14(12)19-16(15(13)17)11-6-2-1-3-7-11/h1-9,13,15-18H,10H2. The Morgan fingerprint density at radius 2 is 1.75 bits per heavy atom. The van der Waals surface area contributed by atoms with Crippen molar-refractivity contribution in [2.75, 3.05) is 5.75 Å². The van der Waals surface area contributed by atoms with Gasteiger partial charge in [-0.25, -0.2) is 0 Å². The van der Waals surface area contributed by atoms with E-state index < -0.39 is 0 Å². The fraction of sp³-hybridized carbons (Fsp3) is 0.294. The Labute approximate surface area is 122 Å². The van der Waals surface area contributed by atoms with Gasteiger partial charge in [-0.1, -0.05) is 48.5 Å². The summed E-state index contributed by atoms with van der Waals surface area (Å²) in [6, 6.07) is 18.5. The molecule has 0 amide bonds. The molecule has 4 atom stereocenters. The van der Waals surface area contributed by atoms with Crippen molar-refractivity contribution < 1.29 is 9.84 Å². The third kappa shape index (κ3) is 1.85. The van der Waals surface area contributed by atoms with Crippen molar-refractivity contribution in [3.63, 3.8) is 0 Å². The average Bonchev–Trinajstić information content (AvgIpc) is 2.90. The van der Waals surface area contributed by atoms with Gasteiger partial charge in [-0.15, -0.1) is 0 Å². The highest BCUT2D eigenvalue weighted by Crippen LogP contribution is 2.56. The van der Waals surface area contributed by atoms with E-state index in [-0.39, 0.29) is 18.1 Å². The summed E-state index contributed by atoms with van der Waals surface area (Å²) < 4.78 is 6.23. The van der Waals surface area contributed by atoms with Gasteiger partial charge >= 0.3 is 0 Å². The molecule has 0 spiro atoms. The van der Waals surface area contributed by atoms with E-state index in [0.29, 0.717) is 5.25 Å². The predicted molar refractivity (Wildman–Crippen MR) is 80.9 cm³/mol. The van der Waals surface area contributed by atoms with Gasteiger partial charge in [-0.3, -0.25) is 0 Å². The Hall–Kier alpha value is -1.45. The quantitative estimate of drug-likeness (QED) is 0.868. The smallest absolute Gasteiger partial charge is 0.130 e. The molecule has 2 nitrogen and oxygen atoms in total. The second-order valence-electron chi connectivity index (χ2n) is 5.39. The molecule has 102 valence electrons. The van der Waals surface area contributed by atoms with Crippen LogP contribution in [0.2, 0.25) is 0 Å². The van der Waals surface area contributed by atoms with Crippen LogP contribution < -0.4 is 4.74 Å². The number of aliphatic hydroxyl groups is 1. The maximum atomic E-state index is 10.4. The first-order valence-corrected chi connectivity index (χ1v) is 7.99. The minimum atomic E-state index is -0.302. The summed E-state index contributed by atoms with van der Waals surface area (Å²) in [5.41, 5.74) is 2.38. The van der Waals surface area contributed by atoms with Crippen molar-refractivity contribution in [2.24, 2.45) is 5.92 Å². The zero-order valence-electron chi connectivity index (χ0n) is 11.0. The summed E-state index contributed by atoms with van der Waals surface area (Å²) in [5.74, 6) is 1.89. The van der Waals surface area contributed by atoms with Crippen molar-refractivity contribution in [1.82, 2.24) is 0 Å². The first-order valence-electron chi connectivity index (χ1n) is 6.95. The lowest BCUT2D eigenvalue weighted by molar-refractivity contribution is 0.0306. The number of benzene rings is 2. The van der Waals surface area contributed by atoms with Gasteiger partial charge in [0.25, 0.3) is 0 Å². The van der Waals surface area contributed by atoms with Gasteiger partial charge in [0.05, 0.1) is 6.10 Å². The van der Waals surface area contributed by atoms with Crippen molar-refractivity contribution in [1.29, 1.82) is 0 Å². The zero-order chi connectivity index (χ0) is 13.5. The van der Waals surface area contributed by atoms with E-state index >= 15 is 0 Å². The van der Waals surface area contributed by atoms with Crippen LogP contribution in [0.4, 0.5) is 0 Å². The van der Waals surface area contributed by atoms with E-state index in [1.165, 1.54) is 5.56 Å². The number of hydrogen-bond acceptors (Lipinski definition) is 3. The minimum absolute atomic E-state index is 0.0545. The Balaban J connectivity index is 1.81. The van der Waals surface area contributed by atoms with E-state index in [1.54, 1.807) is 0 Å². The lowest BCUT2D eigenvalue weighted by Crippen LogP contribution is -2.33. The van der Waals surface area contributed by atoms with Crippen LogP contribution in [0.3, 0.4) is 0 Å². The third-order valence-corrected chi connectivity index (χ3v) is 5.66. The van der Waals surface area contributed by atoms with E-state index in [4.69, 9.17) is 4.74 Å². The highest BCUT2D eigenvalue weighted by Gasteiger charge is 2.47. The molecule has 4 rings (SSSR count). The van der Waals surface area contributed by atoms with Crippen molar-refractivity contribution in [3.8, 4) is 5.75 Å². The molecule has 2 aromatic rings. The highest BCUT2D eigenvalue weighted by atomic mass is 32.2. The Bertz CT molecular complexity index is 613. The van der Waals surface area contributed by atoms with Crippen molar-refractivity contribution in [3.05, 3.63) is 65.7 Å². The predicted octanol–water partition coefficient (Wildman–Crippen LogP) is 3.59. The lowest BCUT2D eigenvalue weighted by Gasteiger charge is -2.36. The minimum Gasteiger partial charge on any atom is -0.485 e. The summed E-state index contributed by atoms with van der Waals surface area (Å²) in [4.78, 5) is 0. The van der Waals surface area contributed by atoms with E-state index in [2.05, 4.69) is 18.2 Å². The summed E-state index contributed by atoms with van der Waals surface area (Å²) in [7, 11) is 0. The first-order chi connectivity index (χ1) is 9.84. The van der Waals surface area contributed by atoms with Crippen molar-refractivity contribution in [2.45, 2.75) is 17.5 Å². The first kappa shape index (κ1) is 12.3. The number of hydrogen-bond donors (Lipinski definition) is 1. The second-order valence-corrected chi connectivity index (χ2v) is 6.56. The van der Waals surface area contributed by atoms with Crippen LogP contribution in [0.1, 0.15) is 22.5 Å². The van der Waals surface area contributed by atoms with Gasteiger partial charge < -0.3 is 9.84 Å². The summed E-state index contributed by atoms with van der Waals surface area (Å²) >= 11 is 1.85. The second kappa shape index (κ2) is 4.83. The molecular weight excluding hydrogens is 268 g/mol. The molecule has 1 fully saturated rings. The number of thioether (sulfide) groups is 1.